The number of halogens is 1. The number of hydrogen-bond donors (Lipinski definition) is 4. The molecule has 5 atom stereocenters. The predicted molar refractivity (Wildman–Crippen MR) is 172 cm³/mol. The van der Waals surface area contributed by atoms with Gasteiger partial charge in [0.05, 0.1) is 44.4 Å². The number of aryl methyl sites for hydroxylation is 1. The second kappa shape index (κ2) is 11.2. The highest BCUT2D eigenvalue weighted by atomic mass is 32.2. The van der Waals surface area contributed by atoms with Gasteiger partial charge in [-0.05, 0) is 74.3 Å². The zero-order valence-corrected chi connectivity index (χ0v) is 27.0. The number of pyridine rings is 1. The molecule has 10 nitrogen and oxygen atoms in total. The summed E-state index contributed by atoms with van der Waals surface area (Å²) in [7, 11) is -3.83. The molecule has 3 fully saturated rings. The lowest BCUT2D eigenvalue weighted by Gasteiger charge is -2.21. The van der Waals surface area contributed by atoms with Crippen molar-refractivity contribution >= 4 is 43.2 Å². The minimum absolute atomic E-state index is 0.0267. The summed E-state index contributed by atoms with van der Waals surface area (Å²) in [6, 6.07) is 5.90. The smallest absolute Gasteiger partial charge is 0.224 e. The van der Waals surface area contributed by atoms with Crippen LogP contribution in [-0.2, 0) is 9.84 Å². The average Bonchev–Trinajstić information content (AvgIpc) is 3.87. The van der Waals surface area contributed by atoms with Crippen LogP contribution in [0.3, 0.4) is 0 Å². The first-order valence-electron chi connectivity index (χ1n) is 15.4. The second-order valence-corrected chi connectivity index (χ2v) is 16.5. The molecule has 0 bridgehead atoms. The Balaban J connectivity index is 1.19. The fourth-order valence-electron chi connectivity index (χ4n) is 6.42. The van der Waals surface area contributed by atoms with Crippen molar-refractivity contribution in [3.63, 3.8) is 0 Å². The molecular formula is C32H37FN6O4S2. The summed E-state index contributed by atoms with van der Waals surface area (Å²) in [6.07, 6.45) is 2.81. The molecular weight excluding hydrogens is 616 g/mol. The Morgan fingerprint density at radius 3 is 2.49 bits per heavy atom. The zero-order valence-electron chi connectivity index (χ0n) is 25.4. The number of thiazole rings is 1. The first-order chi connectivity index (χ1) is 21.4. The van der Waals surface area contributed by atoms with Gasteiger partial charge in [0.15, 0.2) is 9.84 Å². The van der Waals surface area contributed by atoms with E-state index < -0.39 is 39.8 Å². The van der Waals surface area contributed by atoms with Gasteiger partial charge in [-0.25, -0.2) is 22.8 Å². The zero-order chi connectivity index (χ0) is 31.7. The Morgan fingerprint density at radius 2 is 1.80 bits per heavy atom. The number of fused-ring (bicyclic) bond motifs is 1. The number of aliphatic hydroxyl groups is 2. The number of nitrogens with zero attached hydrogens (tertiary/aromatic N) is 4. The molecule has 0 saturated heterocycles. The minimum atomic E-state index is -3.83. The van der Waals surface area contributed by atoms with Crippen LogP contribution in [0.2, 0.25) is 0 Å². The van der Waals surface area contributed by atoms with Gasteiger partial charge < -0.3 is 20.8 Å². The molecule has 7 rings (SSSR count). The fourth-order valence-corrected chi connectivity index (χ4v) is 9.12. The van der Waals surface area contributed by atoms with E-state index in [2.05, 4.69) is 29.5 Å². The molecule has 3 saturated carbocycles. The van der Waals surface area contributed by atoms with E-state index in [9.17, 15) is 23.0 Å². The molecule has 0 aliphatic heterocycles. The van der Waals surface area contributed by atoms with Gasteiger partial charge in [-0.2, -0.15) is 4.98 Å². The van der Waals surface area contributed by atoms with Crippen molar-refractivity contribution in [2.45, 2.75) is 75.5 Å². The van der Waals surface area contributed by atoms with E-state index in [0.29, 0.717) is 34.9 Å². The minimum Gasteiger partial charge on any atom is -0.390 e. The van der Waals surface area contributed by atoms with E-state index in [1.807, 2.05) is 19.2 Å². The third-order valence-corrected chi connectivity index (χ3v) is 12.5. The normalized spacial score (nSPS) is 25.9. The maximum Gasteiger partial charge on any atom is 0.224 e. The van der Waals surface area contributed by atoms with Crippen LogP contribution in [0.4, 0.5) is 16.2 Å². The molecule has 4 N–H and O–H groups in total. The first-order valence-corrected chi connectivity index (χ1v) is 17.9. The maximum absolute atomic E-state index is 13.4. The molecule has 45 heavy (non-hydrogen) atoms. The number of aliphatic hydroxyl groups excluding tert-OH is 2. The maximum atomic E-state index is 13.4. The summed E-state index contributed by atoms with van der Waals surface area (Å²) in [6.45, 7) is 7.10. The van der Waals surface area contributed by atoms with Crippen molar-refractivity contribution in [1.82, 2.24) is 19.9 Å². The third kappa shape index (κ3) is 6.02. The van der Waals surface area contributed by atoms with E-state index in [1.165, 1.54) is 23.5 Å². The van der Waals surface area contributed by atoms with E-state index in [1.54, 1.807) is 0 Å². The van der Waals surface area contributed by atoms with Gasteiger partial charge in [-0.1, -0.05) is 13.8 Å². The Hall–Kier alpha value is -3.26. The van der Waals surface area contributed by atoms with Gasteiger partial charge >= 0.3 is 0 Å². The molecule has 3 aromatic heterocycles. The van der Waals surface area contributed by atoms with Gasteiger partial charge in [0, 0.05) is 24.6 Å². The number of benzene rings is 1. The molecule has 0 amide bonds. The molecule has 3 heterocycles. The van der Waals surface area contributed by atoms with Gasteiger partial charge in [0.2, 0.25) is 5.95 Å². The topological polar surface area (TPSA) is 150 Å². The lowest BCUT2D eigenvalue weighted by atomic mass is 10.1. The lowest BCUT2D eigenvalue weighted by Crippen LogP contribution is -2.36. The van der Waals surface area contributed by atoms with E-state index in [4.69, 9.17) is 15.0 Å². The summed E-state index contributed by atoms with van der Waals surface area (Å²) in [4.78, 5) is 19.2. The highest BCUT2D eigenvalue weighted by molar-refractivity contribution is 7.91. The van der Waals surface area contributed by atoms with Crippen molar-refractivity contribution in [3.05, 3.63) is 53.7 Å². The summed E-state index contributed by atoms with van der Waals surface area (Å²) in [5.41, 5.74) is 3.57. The third-order valence-electron chi connectivity index (χ3n) is 9.56. The summed E-state index contributed by atoms with van der Waals surface area (Å²) in [5.74, 6) is 0.186. The van der Waals surface area contributed by atoms with Crippen LogP contribution in [-0.4, -0.2) is 69.1 Å². The SMILES string of the molecule is Cc1nc(NCC2CC2(C)C)nc(N[C@@H]2C[C@H](CS(=O)(=O)c3ccc(F)cc3)[C@@H](O)[C@H]2O)c1-c1nc2c(C3CC3)nccc2s1. The molecule has 0 spiro atoms. The number of nitrogens with one attached hydrogen (secondary N) is 2. The largest absolute Gasteiger partial charge is 0.390 e. The average molecular weight is 653 g/mol. The van der Waals surface area contributed by atoms with Crippen LogP contribution >= 0.6 is 11.3 Å². The van der Waals surface area contributed by atoms with Crippen LogP contribution in [0, 0.1) is 30.0 Å². The van der Waals surface area contributed by atoms with Gasteiger partial charge in [0.1, 0.15) is 28.3 Å². The van der Waals surface area contributed by atoms with Crippen molar-refractivity contribution in [1.29, 1.82) is 0 Å². The summed E-state index contributed by atoms with van der Waals surface area (Å²) in [5, 5.41) is 29.5. The van der Waals surface area contributed by atoms with Crippen molar-refractivity contribution < 1.29 is 23.0 Å². The molecule has 0 radical (unpaired) electrons. The molecule has 3 aliphatic rings. The van der Waals surface area contributed by atoms with Crippen molar-refractivity contribution in [2.75, 3.05) is 22.9 Å². The monoisotopic (exact) mass is 652 g/mol. The van der Waals surface area contributed by atoms with Crippen molar-refractivity contribution in [2.24, 2.45) is 17.3 Å². The Morgan fingerprint density at radius 1 is 1.07 bits per heavy atom. The Bertz CT molecular complexity index is 1860. The highest BCUT2D eigenvalue weighted by Crippen LogP contribution is 2.51. The number of hydrogen-bond acceptors (Lipinski definition) is 11. The quantitative estimate of drug-likeness (QED) is 0.174. The molecule has 238 valence electrons. The molecule has 1 unspecified atom stereocenters. The standard InChI is InChI=1S/C32H37FN6O4S2/c1-16-24(30-38-26-23(44-30)10-11-34-25(26)17-4-5-17)29(39-31(36-16)35-14-19-13-32(19,2)3)37-22-12-18(27(40)28(22)41)15-45(42,43)21-8-6-20(33)7-9-21/h6-11,17-19,22,27-28,40-41H,4-5,12-15H2,1-3H3,(H2,35,36,37,39)/t18-,19?,22-,27-,28+/m1/s1. The number of rotatable bonds is 10. The second-order valence-electron chi connectivity index (χ2n) is 13.4. The number of aromatic nitrogens is 4. The molecule has 13 heteroatoms. The fraction of sp³-hybridized carbons (Fsp3) is 0.500. The first kappa shape index (κ1) is 30.4. The summed E-state index contributed by atoms with van der Waals surface area (Å²) < 4.78 is 40.7. The van der Waals surface area contributed by atoms with Crippen molar-refractivity contribution in [3.8, 4) is 10.6 Å². The molecule has 3 aliphatic carbocycles. The predicted octanol–water partition coefficient (Wildman–Crippen LogP) is 4.93. The van der Waals surface area contributed by atoms with Crippen LogP contribution in [0.1, 0.15) is 56.8 Å². The van der Waals surface area contributed by atoms with Gasteiger partial charge in [-0.3, -0.25) is 4.98 Å². The Kier molecular flexibility index (Phi) is 7.58. The number of anilines is 2. The van der Waals surface area contributed by atoms with Crippen LogP contribution in [0.25, 0.3) is 20.8 Å². The molecule has 1 aromatic carbocycles. The van der Waals surface area contributed by atoms with E-state index >= 15 is 0 Å². The molecule has 4 aromatic rings. The van der Waals surface area contributed by atoms with Crippen LogP contribution in [0.15, 0.2) is 41.4 Å². The van der Waals surface area contributed by atoms with Crippen LogP contribution in [0.5, 0.6) is 0 Å². The van der Waals surface area contributed by atoms with E-state index in [0.717, 1.165) is 58.9 Å². The van der Waals surface area contributed by atoms with Crippen LogP contribution < -0.4 is 10.6 Å². The highest BCUT2D eigenvalue weighted by Gasteiger charge is 2.46. The lowest BCUT2D eigenvalue weighted by molar-refractivity contribution is 0.0216. The van der Waals surface area contributed by atoms with Gasteiger partial charge in [-0.15, -0.1) is 11.3 Å². The van der Waals surface area contributed by atoms with Gasteiger partial charge in [0.25, 0.3) is 0 Å². The summed E-state index contributed by atoms with van der Waals surface area (Å²) >= 11 is 1.53. The Labute approximate surface area is 265 Å². The number of sulfone groups is 1. The van der Waals surface area contributed by atoms with E-state index in [-0.39, 0.29) is 22.5 Å².